The molecular weight excluding hydrogens is 256 g/mol. The van der Waals surface area contributed by atoms with E-state index in [0.29, 0.717) is 17.9 Å². The second-order valence-electron chi connectivity index (χ2n) is 4.85. The van der Waals surface area contributed by atoms with Gasteiger partial charge in [0.25, 0.3) is 5.91 Å². The zero-order chi connectivity index (χ0) is 11.1. The van der Waals surface area contributed by atoms with Crippen molar-refractivity contribution < 1.29 is 4.79 Å². The molecule has 5 heteroatoms. The molecule has 2 N–H and O–H groups in total. The van der Waals surface area contributed by atoms with E-state index in [4.69, 9.17) is 5.73 Å². The van der Waals surface area contributed by atoms with E-state index in [1.807, 2.05) is 22.4 Å². The van der Waals surface area contributed by atoms with Crippen molar-refractivity contribution in [2.75, 3.05) is 13.1 Å². The van der Waals surface area contributed by atoms with Crippen molar-refractivity contribution in [3.63, 3.8) is 0 Å². The van der Waals surface area contributed by atoms with Gasteiger partial charge < -0.3 is 10.6 Å². The number of hydrogen-bond donors (Lipinski definition) is 1. The van der Waals surface area contributed by atoms with Gasteiger partial charge in [0, 0.05) is 19.1 Å². The molecule has 1 aliphatic heterocycles. The van der Waals surface area contributed by atoms with Crippen LogP contribution in [0.4, 0.5) is 0 Å². The van der Waals surface area contributed by atoms with Crippen molar-refractivity contribution in [3.8, 4) is 0 Å². The molecule has 1 aromatic heterocycles. The molecule has 2 heterocycles. The second kappa shape index (κ2) is 4.96. The number of carbonyl (C=O) groups excluding carboxylic acids is 1. The van der Waals surface area contributed by atoms with Crippen molar-refractivity contribution in [3.05, 3.63) is 22.4 Å². The molecule has 0 aromatic carbocycles. The third-order valence-corrected chi connectivity index (χ3v) is 4.79. The Labute approximate surface area is 111 Å². The van der Waals surface area contributed by atoms with Gasteiger partial charge in [0.05, 0.1) is 4.88 Å². The maximum Gasteiger partial charge on any atom is 0.263 e. The number of carbonyl (C=O) groups is 1. The molecule has 1 aliphatic carbocycles. The number of nitrogens with zero attached hydrogens (tertiary/aromatic N) is 1. The molecule has 3 rings (SSSR count). The summed E-state index contributed by atoms with van der Waals surface area (Å²) in [6.07, 6.45) is 2.33. The zero-order valence-electron chi connectivity index (χ0n) is 9.54. The van der Waals surface area contributed by atoms with Crippen molar-refractivity contribution in [1.82, 2.24) is 4.90 Å². The lowest BCUT2D eigenvalue weighted by Gasteiger charge is -2.17. The lowest BCUT2D eigenvalue weighted by atomic mass is 9.98. The van der Waals surface area contributed by atoms with Gasteiger partial charge in [-0.3, -0.25) is 4.79 Å². The molecule has 2 aliphatic rings. The minimum absolute atomic E-state index is 0. The van der Waals surface area contributed by atoms with E-state index in [-0.39, 0.29) is 18.3 Å². The second-order valence-corrected chi connectivity index (χ2v) is 5.80. The van der Waals surface area contributed by atoms with Crippen LogP contribution in [0.3, 0.4) is 0 Å². The molecule has 1 saturated carbocycles. The van der Waals surface area contributed by atoms with Crippen LogP contribution in [0.1, 0.15) is 22.5 Å². The van der Waals surface area contributed by atoms with Crippen molar-refractivity contribution in [2.45, 2.75) is 18.9 Å². The molecule has 1 aromatic rings. The molecule has 17 heavy (non-hydrogen) atoms. The first-order chi connectivity index (χ1) is 7.75. The Morgan fingerprint density at radius 2 is 2.24 bits per heavy atom. The van der Waals surface area contributed by atoms with Gasteiger partial charge in [0.1, 0.15) is 0 Å². The fourth-order valence-electron chi connectivity index (χ4n) is 3.03. The number of fused-ring (bicyclic) bond motifs is 1. The molecule has 3 nitrogen and oxygen atoms in total. The maximum absolute atomic E-state index is 12.1. The summed E-state index contributed by atoms with van der Waals surface area (Å²) in [5, 5.41) is 1.95. The number of nitrogens with two attached hydrogens (primary N) is 1. The summed E-state index contributed by atoms with van der Waals surface area (Å²) in [6.45, 7) is 1.78. The quantitative estimate of drug-likeness (QED) is 0.850. The smallest absolute Gasteiger partial charge is 0.263 e. The van der Waals surface area contributed by atoms with E-state index in [1.54, 1.807) is 0 Å². The lowest BCUT2D eigenvalue weighted by molar-refractivity contribution is 0.0784. The number of thiophene rings is 1. The largest absolute Gasteiger partial charge is 0.337 e. The Morgan fingerprint density at radius 3 is 2.88 bits per heavy atom. The summed E-state index contributed by atoms with van der Waals surface area (Å²) in [4.78, 5) is 15.0. The van der Waals surface area contributed by atoms with Gasteiger partial charge >= 0.3 is 0 Å². The first-order valence-corrected chi connectivity index (χ1v) is 6.72. The SMILES string of the molecule is Cl.NC1CCC2CN(C(=O)c3cccs3)CC12. The fourth-order valence-corrected chi connectivity index (χ4v) is 3.72. The normalized spacial score (nSPS) is 31.1. The van der Waals surface area contributed by atoms with E-state index in [9.17, 15) is 4.79 Å². The Kier molecular flexibility index (Phi) is 3.76. The van der Waals surface area contributed by atoms with E-state index in [2.05, 4.69) is 0 Å². The van der Waals surface area contributed by atoms with Gasteiger partial charge in [-0.1, -0.05) is 6.07 Å². The number of hydrogen-bond acceptors (Lipinski definition) is 3. The van der Waals surface area contributed by atoms with Crippen molar-refractivity contribution >= 4 is 29.7 Å². The number of rotatable bonds is 1. The maximum atomic E-state index is 12.1. The van der Waals surface area contributed by atoms with E-state index in [0.717, 1.165) is 24.4 Å². The van der Waals surface area contributed by atoms with E-state index >= 15 is 0 Å². The van der Waals surface area contributed by atoms with Gasteiger partial charge in [-0.2, -0.15) is 0 Å². The van der Waals surface area contributed by atoms with Gasteiger partial charge in [-0.15, -0.1) is 23.7 Å². The highest BCUT2D eigenvalue weighted by atomic mass is 35.5. The zero-order valence-corrected chi connectivity index (χ0v) is 11.2. The first-order valence-electron chi connectivity index (χ1n) is 5.84. The summed E-state index contributed by atoms with van der Waals surface area (Å²) in [5.74, 6) is 1.39. The molecule has 2 fully saturated rings. The lowest BCUT2D eigenvalue weighted by Crippen LogP contribution is -2.33. The van der Waals surface area contributed by atoms with Crippen LogP contribution in [0, 0.1) is 11.8 Å². The topological polar surface area (TPSA) is 46.3 Å². The average molecular weight is 273 g/mol. The van der Waals surface area contributed by atoms with Crippen molar-refractivity contribution in [2.24, 2.45) is 17.6 Å². The van der Waals surface area contributed by atoms with E-state index in [1.165, 1.54) is 17.8 Å². The summed E-state index contributed by atoms with van der Waals surface area (Å²) < 4.78 is 0. The third-order valence-electron chi connectivity index (χ3n) is 3.93. The molecular formula is C12H17ClN2OS. The molecule has 3 unspecified atom stereocenters. The molecule has 1 amide bonds. The molecule has 0 radical (unpaired) electrons. The number of halogens is 1. The predicted octanol–water partition coefficient (Wildman–Crippen LogP) is 1.98. The average Bonchev–Trinajstić information content (AvgIpc) is 2.96. The van der Waals surface area contributed by atoms with Crippen LogP contribution in [0.15, 0.2) is 17.5 Å². The van der Waals surface area contributed by atoms with Gasteiger partial charge in [-0.05, 0) is 36.1 Å². The van der Waals surface area contributed by atoms with Crippen LogP contribution < -0.4 is 5.73 Å². The highest BCUT2D eigenvalue weighted by molar-refractivity contribution is 7.12. The standard InChI is InChI=1S/C12H16N2OS.ClH/c13-10-4-3-8-6-14(7-9(8)10)12(15)11-2-1-5-16-11;/h1-2,5,8-10H,3-4,6-7,13H2;1H. The minimum Gasteiger partial charge on any atom is -0.337 e. The molecule has 94 valence electrons. The summed E-state index contributed by atoms with van der Waals surface area (Å²) in [5.41, 5.74) is 6.07. The highest BCUT2D eigenvalue weighted by Gasteiger charge is 2.42. The summed E-state index contributed by atoms with van der Waals surface area (Å²) in [7, 11) is 0. The van der Waals surface area contributed by atoms with Crippen LogP contribution in [0.5, 0.6) is 0 Å². The monoisotopic (exact) mass is 272 g/mol. The summed E-state index contributed by atoms with van der Waals surface area (Å²) >= 11 is 1.52. The number of amides is 1. The highest BCUT2D eigenvalue weighted by Crippen LogP contribution is 2.37. The Hall–Kier alpha value is -0.580. The molecule has 0 spiro atoms. The van der Waals surface area contributed by atoms with Crippen LogP contribution in [-0.4, -0.2) is 29.9 Å². The minimum atomic E-state index is 0. The Morgan fingerprint density at radius 1 is 1.41 bits per heavy atom. The van der Waals surface area contributed by atoms with Gasteiger partial charge in [0.15, 0.2) is 0 Å². The predicted molar refractivity (Wildman–Crippen MR) is 71.7 cm³/mol. The molecule has 1 saturated heterocycles. The van der Waals surface area contributed by atoms with E-state index < -0.39 is 0 Å². The number of likely N-dealkylation sites (tertiary alicyclic amines) is 1. The van der Waals surface area contributed by atoms with Crippen molar-refractivity contribution in [1.29, 1.82) is 0 Å². The molecule has 0 bridgehead atoms. The molecule has 3 atom stereocenters. The van der Waals surface area contributed by atoms with Gasteiger partial charge in [-0.25, -0.2) is 0 Å². The van der Waals surface area contributed by atoms with Crippen LogP contribution in [-0.2, 0) is 0 Å². The fraction of sp³-hybridized carbons (Fsp3) is 0.583. The first kappa shape index (κ1) is 12.9. The Balaban J connectivity index is 0.00000108. The van der Waals surface area contributed by atoms with Crippen LogP contribution in [0.2, 0.25) is 0 Å². The Bertz CT molecular complexity index is 395. The van der Waals surface area contributed by atoms with Crippen LogP contribution in [0.25, 0.3) is 0 Å². The van der Waals surface area contributed by atoms with Crippen LogP contribution >= 0.6 is 23.7 Å². The summed E-state index contributed by atoms with van der Waals surface area (Å²) in [6, 6.07) is 4.15. The van der Waals surface area contributed by atoms with Gasteiger partial charge in [0.2, 0.25) is 0 Å². The third kappa shape index (κ3) is 2.21.